The lowest BCUT2D eigenvalue weighted by Crippen LogP contribution is -2.13. The monoisotopic (exact) mass is 410 g/mol. The van der Waals surface area contributed by atoms with Crippen molar-refractivity contribution >= 4 is 23.2 Å². The standard InChI is InChI=1S/C19H11ClF4N2O2/c20-15-6-1-11(19(22,23)24)9-17(15)28-13-4-2-12(3-5-13)26-18(27)14-7-8-25-10-16(14)21/h1-10H,(H,26,27). The van der Waals surface area contributed by atoms with E-state index in [0.717, 1.165) is 24.4 Å². The minimum atomic E-state index is -4.53. The number of benzene rings is 2. The second kappa shape index (κ2) is 7.85. The molecule has 0 aliphatic heterocycles. The van der Waals surface area contributed by atoms with Gasteiger partial charge in [0.1, 0.15) is 11.5 Å². The lowest BCUT2D eigenvalue weighted by atomic mass is 10.2. The largest absolute Gasteiger partial charge is 0.456 e. The molecule has 1 amide bonds. The van der Waals surface area contributed by atoms with Gasteiger partial charge >= 0.3 is 6.18 Å². The SMILES string of the molecule is O=C(Nc1ccc(Oc2cc(C(F)(F)F)ccc2Cl)cc1)c1ccncc1F. The van der Waals surface area contributed by atoms with E-state index in [9.17, 15) is 22.4 Å². The zero-order valence-electron chi connectivity index (χ0n) is 13.9. The van der Waals surface area contributed by atoms with E-state index in [1.807, 2.05) is 0 Å². The topological polar surface area (TPSA) is 51.2 Å². The minimum Gasteiger partial charge on any atom is -0.456 e. The van der Waals surface area contributed by atoms with Crippen LogP contribution in [0.25, 0.3) is 0 Å². The molecule has 2 aromatic carbocycles. The third-order valence-corrected chi connectivity index (χ3v) is 3.93. The quantitative estimate of drug-likeness (QED) is 0.542. The third-order valence-electron chi connectivity index (χ3n) is 3.62. The minimum absolute atomic E-state index is 0.0125. The number of ether oxygens (including phenoxy) is 1. The summed E-state index contributed by atoms with van der Waals surface area (Å²) in [4.78, 5) is 15.6. The second-order valence-corrected chi connectivity index (χ2v) is 5.99. The molecule has 28 heavy (non-hydrogen) atoms. The highest BCUT2D eigenvalue weighted by atomic mass is 35.5. The van der Waals surface area contributed by atoms with Crippen LogP contribution in [0.4, 0.5) is 23.2 Å². The summed E-state index contributed by atoms with van der Waals surface area (Å²) >= 11 is 5.89. The first-order valence-electron chi connectivity index (χ1n) is 7.79. The molecule has 4 nitrogen and oxygen atoms in total. The second-order valence-electron chi connectivity index (χ2n) is 5.58. The first-order valence-corrected chi connectivity index (χ1v) is 8.17. The van der Waals surface area contributed by atoms with E-state index in [2.05, 4.69) is 10.3 Å². The van der Waals surface area contributed by atoms with E-state index in [1.54, 1.807) is 0 Å². The van der Waals surface area contributed by atoms with Crippen LogP contribution in [0.15, 0.2) is 60.9 Å². The van der Waals surface area contributed by atoms with Gasteiger partial charge in [-0.15, -0.1) is 0 Å². The molecule has 9 heteroatoms. The number of hydrogen-bond donors (Lipinski definition) is 1. The predicted molar refractivity (Wildman–Crippen MR) is 95.1 cm³/mol. The van der Waals surface area contributed by atoms with Crippen LogP contribution < -0.4 is 10.1 Å². The normalized spacial score (nSPS) is 11.2. The number of hydrogen-bond acceptors (Lipinski definition) is 3. The van der Waals surface area contributed by atoms with Gasteiger partial charge in [-0.3, -0.25) is 9.78 Å². The molecule has 0 unspecified atom stereocenters. The summed E-state index contributed by atoms with van der Waals surface area (Å²) in [5.74, 6) is -1.39. The van der Waals surface area contributed by atoms with Gasteiger partial charge in [0, 0.05) is 11.9 Å². The Labute approximate surface area is 161 Å². The predicted octanol–water partition coefficient (Wildman–Crippen LogP) is 5.94. The van der Waals surface area contributed by atoms with Gasteiger partial charge in [0.05, 0.1) is 22.3 Å². The maximum Gasteiger partial charge on any atom is 0.416 e. The van der Waals surface area contributed by atoms with Crippen molar-refractivity contribution in [2.75, 3.05) is 5.32 Å². The molecule has 3 rings (SSSR count). The molecule has 144 valence electrons. The third kappa shape index (κ3) is 4.58. The Hall–Kier alpha value is -3.13. The highest BCUT2D eigenvalue weighted by Crippen LogP contribution is 2.37. The number of nitrogens with zero attached hydrogens (tertiary/aromatic N) is 1. The summed E-state index contributed by atoms with van der Waals surface area (Å²) < 4.78 is 57.4. The van der Waals surface area contributed by atoms with Crippen LogP contribution in [0.1, 0.15) is 15.9 Å². The van der Waals surface area contributed by atoms with Crippen molar-refractivity contribution in [3.05, 3.63) is 82.9 Å². The van der Waals surface area contributed by atoms with Crippen LogP contribution in [0.5, 0.6) is 11.5 Å². The highest BCUT2D eigenvalue weighted by molar-refractivity contribution is 6.32. The number of nitrogens with one attached hydrogen (secondary N) is 1. The number of amides is 1. The van der Waals surface area contributed by atoms with Gasteiger partial charge in [-0.1, -0.05) is 11.6 Å². The summed E-state index contributed by atoms with van der Waals surface area (Å²) in [5, 5.41) is 2.51. The molecule has 0 saturated carbocycles. The lowest BCUT2D eigenvalue weighted by molar-refractivity contribution is -0.137. The molecule has 1 N–H and O–H groups in total. The lowest BCUT2D eigenvalue weighted by Gasteiger charge is -2.12. The molecule has 0 aliphatic carbocycles. The molecule has 0 spiro atoms. The van der Waals surface area contributed by atoms with Crippen LogP contribution >= 0.6 is 11.6 Å². The fraction of sp³-hybridized carbons (Fsp3) is 0.0526. The molecule has 0 atom stereocenters. The number of alkyl halides is 3. The van der Waals surface area contributed by atoms with Crippen LogP contribution in [-0.4, -0.2) is 10.9 Å². The fourth-order valence-corrected chi connectivity index (χ4v) is 2.41. The summed E-state index contributed by atoms with van der Waals surface area (Å²) in [5.41, 5.74) is -0.732. The zero-order chi connectivity index (χ0) is 20.3. The molecule has 0 radical (unpaired) electrons. The number of carbonyl (C=O) groups is 1. The Morgan fingerprint density at radius 2 is 1.79 bits per heavy atom. The molecule has 3 aromatic rings. The summed E-state index contributed by atoms with van der Waals surface area (Å²) in [6.07, 6.45) is -2.32. The first kappa shape index (κ1) is 19.6. The summed E-state index contributed by atoms with van der Waals surface area (Å²) in [6.45, 7) is 0. The first-order chi connectivity index (χ1) is 13.2. The van der Waals surface area contributed by atoms with Gasteiger partial charge in [0.15, 0.2) is 5.82 Å². The number of halogens is 5. The number of rotatable bonds is 4. The van der Waals surface area contributed by atoms with Crippen molar-refractivity contribution in [1.29, 1.82) is 0 Å². The fourth-order valence-electron chi connectivity index (χ4n) is 2.25. The van der Waals surface area contributed by atoms with E-state index in [0.29, 0.717) is 5.69 Å². The Kier molecular flexibility index (Phi) is 5.51. The van der Waals surface area contributed by atoms with Gasteiger partial charge < -0.3 is 10.1 Å². The number of carbonyl (C=O) groups excluding carboxylic acids is 1. The van der Waals surface area contributed by atoms with Crippen molar-refractivity contribution in [1.82, 2.24) is 4.98 Å². The van der Waals surface area contributed by atoms with Crippen molar-refractivity contribution in [3.63, 3.8) is 0 Å². The van der Waals surface area contributed by atoms with Gasteiger partial charge in [-0.05, 0) is 48.5 Å². The van der Waals surface area contributed by atoms with Crippen molar-refractivity contribution in [2.24, 2.45) is 0 Å². The average Bonchev–Trinajstić information content (AvgIpc) is 2.64. The molecule has 0 saturated heterocycles. The van der Waals surface area contributed by atoms with E-state index >= 15 is 0 Å². The molecule has 0 fully saturated rings. The maximum absolute atomic E-state index is 13.6. The van der Waals surface area contributed by atoms with E-state index in [4.69, 9.17) is 16.3 Å². The van der Waals surface area contributed by atoms with E-state index in [1.165, 1.54) is 36.5 Å². The summed E-state index contributed by atoms with van der Waals surface area (Å²) in [6, 6.07) is 9.73. The number of pyridine rings is 1. The van der Waals surface area contributed by atoms with Gasteiger partial charge in [0.2, 0.25) is 0 Å². The Morgan fingerprint density at radius 3 is 2.43 bits per heavy atom. The van der Waals surface area contributed by atoms with Gasteiger partial charge in [0.25, 0.3) is 5.91 Å². The molecular formula is C19H11ClF4N2O2. The van der Waals surface area contributed by atoms with Crippen molar-refractivity contribution < 1.29 is 27.1 Å². The smallest absolute Gasteiger partial charge is 0.416 e. The van der Waals surface area contributed by atoms with Gasteiger partial charge in [-0.25, -0.2) is 4.39 Å². The number of anilines is 1. The Morgan fingerprint density at radius 1 is 1.07 bits per heavy atom. The molecular weight excluding hydrogens is 400 g/mol. The zero-order valence-corrected chi connectivity index (χ0v) is 14.7. The van der Waals surface area contributed by atoms with Gasteiger partial charge in [-0.2, -0.15) is 13.2 Å². The van der Waals surface area contributed by atoms with Crippen molar-refractivity contribution in [3.8, 4) is 11.5 Å². The van der Waals surface area contributed by atoms with Crippen molar-refractivity contribution in [2.45, 2.75) is 6.18 Å². The molecule has 0 aliphatic rings. The molecule has 0 bridgehead atoms. The van der Waals surface area contributed by atoms with Crippen LogP contribution in [0, 0.1) is 5.82 Å². The van der Waals surface area contributed by atoms with Crippen LogP contribution in [0.2, 0.25) is 5.02 Å². The molecule has 1 aromatic heterocycles. The number of aromatic nitrogens is 1. The van der Waals surface area contributed by atoms with Crippen LogP contribution in [0.3, 0.4) is 0 Å². The van der Waals surface area contributed by atoms with E-state index in [-0.39, 0.29) is 22.1 Å². The Balaban J connectivity index is 1.73. The van der Waals surface area contributed by atoms with Crippen LogP contribution in [-0.2, 0) is 6.18 Å². The average molecular weight is 411 g/mol. The molecule has 1 heterocycles. The van der Waals surface area contributed by atoms with E-state index < -0.39 is 23.5 Å². The summed E-state index contributed by atoms with van der Waals surface area (Å²) in [7, 11) is 0. The Bertz CT molecular complexity index is 1010. The maximum atomic E-state index is 13.6. The highest BCUT2D eigenvalue weighted by Gasteiger charge is 2.31.